The van der Waals surface area contributed by atoms with Crippen LogP contribution in [0.1, 0.15) is 40.1 Å². The molecule has 0 aliphatic carbocycles. The minimum absolute atomic E-state index is 0.129. The molecule has 0 spiro atoms. The second kappa shape index (κ2) is 9.27. The number of rotatable bonds is 6. The highest BCUT2D eigenvalue weighted by molar-refractivity contribution is 6.31. The maximum absolute atomic E-state index is 14.1. The molecule has 2 N–H and O–H groups in total. The summed E-state index contributed by atoms with van der Waals surface area (Å²) in [7, 11) is 0. The Balaban J connectivity index is 1.53. The van der Waals surface area contributed by atoms with Crippen LogP contribution in [0, 0.1) is 11.7 Å². The second-order valence-corrected chi connectivity index (χ2v) is 8.87. The minimum Gasteiger partial charge on any atom is -0.480 e. The first-order valence-electron chi connectivity index (χ1n) is 10.7. The molecule has 1 heterocycles. The molecule has 0 aromatic heterocycles. The second-order valence-electron chi connectivity index (χ2n) is 8.46. The van der Waals surface area contributed by atoms with Crippen LogP contribution in [0.2, 0.25) is 5.02 Å². The normalized spacial score (nSPS) is 13.7. The van der Waals surface area contributed by atoms with Crippen LogP contribution < -0.4 is 5.32 Å². The molecule has 0 saturated heterocycles. The highest BCUT2D eigenvalue weighted by atomic mass is 35.5. The lowest BCUT2D eigenvalue weighted by Crippen LogP contribution is -2.44. The summed E-state index contributed by atoms with van der Waals surface area (Å²) in [5.74, 6) is -2.94. The first-order chi connectivity index (χ1) is 16.2. The zero-order valence-electron chi connectivity index (χ0n) is 18.5. The van der Waals surface area contributed by atoms with Crippen molar-refractivity contribution in [3.8, 4) is 11.1 Å². The van der Waals surface area contributed by atoms with Gasteiger partial charge in [-0.15, -0.1) is 0 Å². The summed E-state index contributed by atoms with van der Waals surface area (Å²) in [5, 5.41) is 12.1. The van der Waals surface area contributed by atoms with E-state index in [-0.39, 0.29) is 29.0 Å². The fourth-order valence-electron chi connectivity index (χ4n) is 4.13. The molecule has 174 valence electrons. The molecular formula is C26H22ClFN2O4. The third-order valence-corrected chi connectivity index (χ3v) is 6.13. The van der Waals surface area contributed by atoms with Gasteiger partial charge in [-0.3, -0.25) is 9.59 Å². The van der Waals surface area contributed by atoms with E-state index in [4.69, 9.17) is 11.6 Å². The third kappa shape index (κ3) is 4.39. The number of anilines is 1. The van der Waals surface area contributed by atoms with Crippen molar-refractivity contribution in [1.29, 1.82) is 0 Å². The van der Waals surface area contributed by atoms with E-state index in [1.807, 2.05) is 12.1 Å². The topological polar surface area (TPSA) is 86.7 Å². The van der Waals surface area contributed by atoms with Crippen LogP contribution in [0.3, 0.4) is 0 Å². The van der Waals surface area contributed by atoms with E-state index >= 15 is 0 Å². The summed E-state index contributed by atoms with van der Waals surface area (Å²) >= 11 is 5.75. The van der Waals surface area contributed by atoms with Crippen molar-refractivity contribution in [2.24, 2.45) is 5.92 Å². The van der Waals surface area contributed by atoms with Gasteiger partial charge in [0.2, 0.25) is 0 Å². The van der Waals surface area contributed by atoms with Crippen molar-refractivity contribution in [3.63, 3.8) is 0 Å². The van der Waals surface area contributed by atoms with Crippen LogP contribution in [0.15, 0.2) is 60.7 Å². The summed E-state index contributed by atoms with van der Waals surface area (Å²) in [4.78, 5) is 38.5. The summed E-state index contributed by atoms with van der Waals surface area (Å²) in [5.41, 5.74) is 3.17. The highest BCUT2D eigenvalue weighted by Gasteiger charge is 2.38. The van der Waals surface area contributed by atoms with Crippen LogP contribution in [0.5, 0.6) is 0 Å². The van der Waals surface area contributed by atoms with Gasteiger partial charge < -0.3 is 15.3 Å². The van der Waals surface area contributed by atoms with Crippen LogP contribution in [-0.2, 0) is 11.3 Å². The zero-order chi connectivity index (χ0) is 24.6. The summed E-state index contributed by atoms with van der Waals surface area (Å²) in [6.07, 6.45) is 0. The van der Waals surface area contributed by atoms with E-state index in [1.54, 1.807) is 44.2 Å². The van der Waals surface area contributed by atoms with E-state index in [9.17, 15) is 23.9 Å². The number of carboxylic acid groups (broad SMARTS) is 1. The molecule has 4 rings (SSSR count). The Labute approximate surface area is 201 Å². The molecule has 3 aromatic rings. The van der Waals surface area contributed by atoms with Gasteiger partial charge in [-0.2, -0.15) is 0 Å². The number of fused-ring (bicyclic) bond motifs is 1. The molecule has 6 nitrogen and oxygen atoms in total. The predicted octanol–water partition coefficient (Wildman–Crippen LogP) is 5.46. The van der Waals surface area contributed by atoms with E-state index in [1.165, 1.54) is 23.1 Å². The van der Waals surface area contributed by atoms with Gasteiger partial charge in [0, 0.05) is 17.8 Å². The van der Waals surface area contributed by atoms with Crippen molar-refractivity contribution in [2.45, 2.75) is 26.4 Å². The molecule has 0 bridgehead atoms. The first-order valence-corrected chi connectivity index (χ1v) is 11.1. The number of nitrogens with one attached hydrogen (secondary N) is 1. The van der Waals surface area contributed by atoms with Gasteiger partial charge in [0.1, 0.15) is 6.04 Å². The molecule has 1 unspecified atom stereocenters. The number of carbonyl (C=O) groups is 3. The van der Waals surface area contributed by atoms with Crippen LogP contribution in [0.25, 0.3) is 11.1 Å². The third-order valence-electron chi connectivity index (χ3n) is 5.83. The molecule has 3 aromatic carbocycles. The van der Waals surface area contributed by atoms with Gasteiger partial charge >= 0.3 is 5.97 Å². The number of carbonyl (C=O) groups excluding carboxylic acids is 2. The molecule has 34 heavy (non-hydrogen) atoms. The minimum atomic E-state index is -1.02. The Morgan fingerprint density at radius 2 is 1.74 bits per heavy atom. The standard InChI is InChI=1S/C26H22ClFN2O4/c1-14(2)23(26(33)34)30-13-17-7-6-16(12-20(17)25(30)32)15-8-10-18(11-9-15)29-24(31)19-4-3-5-21(27)22(19)28/h3-12,14,23H,13H2,1-2H3,(H,29,31)(H,33,34). The average molecular weight is 481 g/mol. The smallest absolute Gasteiger partial charge is 0.326 e. The molecular weight excluding hydrogens is 459 g/mol. The lowest BCUT2D eigenvalue weighted by Gasteiger charge is -2.27. The summed E-state index contributed by atoms with van der Waals surface area (Å²) < 4.78 is 14.1. The molecule has 0 saturated carbocycles. The van der Waals surface area contributed by atoms with E-state index in [0.29, 0.717) is 11.3 Å². The quantitative estimate of drug-likeness (QED) is 0.490. The Morgan fingerprint density at radius 1 is 1.06 bits per heavy atom. The van der Waals surface area contributed by atoms with Crippen molar-refractivity contribution in [2.75, 3.05) is 5.32 Å². The number of aliphatic carboxylic acids is 1. The van der Waals surface area contributed by atoms with Gasteiger partial charge in [-0.1, -0.05) is 55.8 Å². The molecule has 1 aliphatic heterocycles. The van der Waals surface area contributed by atoms with Crippen molar-refractivity contribution >= 4 is 35.1 Å². The Morgan fingerprint density at radius 3 is 2.38 bits per heavy atom. The van der Waals surface area contributed by atoms with Crippen molar-refractivity contribution < 1.29 is 23.9 Å². The number of benzene rings is 3. The van der Waals surface area contributed by atoms with Gasteiger partial charge in [0.25, 0.3) is 11.8 Å². The van der Waals surface area contributed by atoms with Crippen LogP contribution in [-0.4, -0.2) is 33.8 Å². The number of hydrogen-bond donors (Lipinski definition) is 2. The van der Waals surface area contributed by atoms with Gasteiger partial charge in [-0.25, -0.2) is 9.18 Å². The Hall–Kier alpha value is -3.71. The number of hydrogen-bond acceptors (Lipinski definition) is 3. The Kier molecular flexibility index (Phi) is 6.39. The monoisotopic (exact) mass is 480 g/mol. The van der Waals surface area contributed by atoms with E-state index < -0.39 is 23.7 Å². The molecule has 0 fully saturated rings. The number of halogens is 2. The first kappa shape index (κ1) is 23.4. The lowest BCUT2D eigenvalue weighted by atomic mass is 10.00. The zero-order valence-corrected chi connectivity index (χ0v) is 19.3. The van der Waals surface area contributed by atoms with Gasteiger partial charge in [0.15, 0.2) is 5.82 Å². The lowest BCUT2D eigenvalue weighted by molar-refractivity contribution is -0.144. The fraction of sp³-hybridized carbons (Fsp3) is 0.192. The Bertz CT molecular complexity index is 1290. The summed E-state index contributed by atoms with van der Waals surface area (Å²) in [6, 6.07) is 15.7. The van der Waals surface area contributed by atoms with E-state index in [2.05, 4.69) is 5.32 Å². The maximum Gasteiger partial charge on any atom is 0.326 e. The number of nitrogens with zero attached hydrogens (tertiary/aromatic N) is 1. The van der Waals surface area contributed by atoms with Crippen LogP contribution >= 0.6 is 11.6 Å². The maximum atomic E-state index is 14.1. The number of amides is 2. The van der Waals surface area contributed by atoms with Crippen molar-refractivity contribution in [3.05, 3.63) is 88.2 Å². The average Bonchev–Trinajstić information content (AvgIpc) is 3.11. The summed E-state index contributed by atoms with van der Waals surface area (Å²) in [6.45, 7) is 3.82. The molecule has 1 aliphatic rings. The highest BCUT2D eigenvalue weighted by Crippen LogP contribution is 2.31. The molecule has 8 heteroatoms. The number of carboxylic acids is 1. The van der Waals surface area contributed by atoms with Crippen molar-refractivity contribution in [1.82, 2.24) is 4.90 Å². The SMILES string of the molecule is CC(C)C(C(=O)O)N1Cc2ccc(-c3ccc(NC(=O)c4cccc(Cl)c4F)cc3)cc2C1=O. The van der Waals surface area contributed by atoms with Crippen LogP contribution in [0.4, 0.5) is 10.1 Å². The molecule has 0 radical (unpaired) electrons. The largest absolute Gasteiger partial charge is 0.480 e. The van der Waals surface area contributed by atoms with Gasteiger partial charge in [-0.05, 0) is 52.9 Å². The molecule has 1 atom stereocenters. The fourth-order valence-corrected chi connectivity index (χ4v) is 4.30. The van der Waals surface area contributed by atoms with E-state index in [0.717, 1.165) is 16.7 Å². The van der Waals surface area contributed by atoms with Gasteiger partial charge in [0.05, 0.1) is 10.6 Å². The predicted molar refractivity (Wildman–Crippen MR) is 127 cm³/mol. The molecule has 2 amide bonds.